The molecular formula is C52H89N2O6P. The zero-order chi connectivity index (χ0) is 45.0. The minimum Gasteiger partial charge on any atom is -0.756 e. The fourth-order valence-electron chi connectivity index (χ4n) is 6.03. The summed E-state index contributed by atoms with van der Waals surface area (Å²) in [5.74, 6) is -0.196. The van der Waals surface area contributed by atoms with Gasteiger partial charge in [-0.15, -0.1) is 0 Å². The molecule has 61 heavy (non-hydrogen) atoms. The van der Waals surface area contributed by atoms with Crippen molar-refractivity contribution in [2.45, 2.75) is 174 Å². The molecule has 9 heteroatoms. The van der Waals surface area contributed by atoms with Crippen LogP contribution in [0.5, 0.6) is 0 Å². The summed E-state index contributed by atoms with van der Waals surface area (Å²) < 4.78 is 23.1. The average Bonchev–Trinajstić information content (AvgIpc) is 3.21. The topological polar surface area (TPSA) is 108 Å². The number of rotatable bonds is 41. The Hall–Kier alpha value is -2.84. The first-order valence-corrected chi connectivity index (χ1v) is 25.2. The number of carbonyl (C=O) groups excluding carboxylic acids is 1. The summed E-state index contributed by atoms with van der Waals surface area (Å²) in [6.07, 6.45) is 61.4. The number of phosphoric ester groups is 1. The highest BCUT2D eigenvalue weighted by Crippen LogP contribution is 2.38. The fourth-order valence-corrected chi connectivity index (χ4v) is 6.75. The van der Waals surface area contributed by atoms with Crippen LogP contribution in [-0.4, -0.2) is 68.5 Å². The highest BCUT2D eigenvalue weighted by Gasteiger charge is 2.24. The first-order valence-electron chi connectivity index (χ1n) is 23.7. The molecule has 0 spiro atoms. The van der Waals surface area contributed by atoms with Crippen LogP contribution in [0.1, 0.15) is 162 Å². The zero-order valence-corrected chi connectivity index (χ0v) is 40.2. The van der Waals surface area contributed by atoms with Gasteiger partial charge in [0.2, 0.25) is 5.91 Å². The van der Waals surface area contributed by atoms with E-state index in [9.17, 15) is 19.4 Å². The molecule has 0 saturated carbocycles. The van der Waals surface area contributed by atoms with Gasteiger partial charge in [0, 0.05) is 6.42 Å². The van der Waals surface area contributed by atoms with E-state index in [0.717, 1.165) is 116 Å². The van der Waals surface area contributed by atoms with Crippen molar-refractivity contribution < 1.29 is 32.9 Å². The lowest BCUT2D eigenvalue weighted by molar-refractivity contribution is -0.870. The van der Waals surface area contributed by atoms with Gasteiger partial charge in [-0.2, -0.15) is 0 Å². The molecule has 0 fully saturated rings. The van der Waals surface area contributed by atoms with Crippen LogP contribution in [0.15, 0.2) is 109 Å². The molecule has 0 radical (unpaired) electrons. The van der Waals surface area contributed by atoms with Crippen molar-refractivity contribution in [3.8, 4) is 0 Å². The van der Waals surface area contributed by atoms with E-state index in [0.29, 0.717) is 23.9 Å². The highest BCUT2D eigenvalue weighted by atomic mass is 31.2. The van der Waals surface area contributed by atoms with Gasteiger partial charge in [0.1, 0.15) is 13.2 Å². The van der Waals surface area contributed by atoms with Crippen molar-refractivity contribution in [3.63, 3.8) is 0 Å². The molecular weight excluding hydrogens is 780 g/mol. The summed E-state index contributed by atoms with van der Waals surface area (Å²) in [5.41, 5.74) is 0. The van der Waals surface area contributed by atoms with Gasteiger partial charge < -0.3 is 28.8 Å². The molecule has 0 aromatic carbocycles. The van der Waals surface area contributed by atoms with Crippen LogP contribution in [0, 0.1) is 0 Å². The van der Waals surface area contributed by atoms with Crippen molar-refractivity contribution in [2.24, 2.45) is 0 Å². The van der Waals surface area contributed by atoms with Crippen molar-refractivity contribution in [3.05, 3.63) is 109 Å². The Morgan fingerprint density at radius 3 is 1.46 bits per heavy atom. The monoisotopic (exact) mass is 869 g/mol. The molecule has 1 amide bonds. The van der Waals surface area contributed by atoms with Crippen LogP contribution in [0.4, 0.5) is 0 Å². The summed E-state index contributed by atoms with van der Waals surface area (Å²) in [5, 5.41) is 13.7. The number of aliphatic hydroxyl groups excluding tert-OH is 1. The number of amides is 1. The van der Waals surface area contributed by atoms with Gasteiger partial charge in [-0.1, -0.05) is 181 Å². The van der Waals surface area contributed by atoms with Crippen LogP contribution in [0.3, 0.4) is 0 Å². The number of hydrogen-bond acceptors (Lipinski definition) is 6. The molecule has 348 valence electrons. The van der Waals surface area contributed by atoms with Gasteiger partial charge in [0.15, 0.2) is 0 Å². The second-order valence-corrected chi connectivity index (χ2v) is 18.1. The number of nitrogens with zero attached hydrogens (tertiary/aromatic N) is 1. The molecule has 2 N–H and O–H groups in total. The predicted octanol–water partition coefficient (Wildman–Crippen LogP) is 13.1. The third-order valence-electron chi connectivity index (χ3n) is 9.78. The molecule has 0 bridgehead atoms. The Morgan fingerprint density at radius 2 is 1.00 bits per heavy atom. The lowest BCUT2D eigenvalue weighted by atomic mass is 10.0. The molecule has 8 nitrogen and oxygen atoms in total. The number of unbranched alkanes of at least 4 members (excludes halogenated alkanes) is 10. The Labute approximate surface area is 374 Å². The molecule has 3 atom stereocenters. The molecule has 0 aliphatic rings. The van der Waals surface area contributed by atoms with Crippen LogP contribution in [0.2, 0.25) is 0 Å². The summed E-state index contributed by atoms with van der Waals surface area (Å²) in [7, 11) is 1.26. The quantitative estimate of drug-likeness (QED) is 0.0274. The maximum Gasteiger partial charge on any atom is 0.268 e. The van der Waals surface area contributed by atoms with Gasteiger partial charge in [0.05, 0.1) is 39.9 Å². The number of allylic oxidation sites excluding steroid dienone is 18. The minimum absolute atomic E-state index is 0.000984. The SMILES string of the molecule is CC/C=C\C/C=C\C/C=C\C/C=C\C/C=C\C/C=C\C/C=C\C/C=C\C/C=C\CCCCCCCC(=O)NC(COP(=O)([O-])OCC[N+](C)(C)C)C(O)CCCCCCCC. The van der Waals surface area contributed by atoms with E-state index in [1.54, 1.807) is 0 Å². The number of nitrogens with one attached hydrogen (secondary N) is 1. The number of phosphoric acid groups is 1. The normalized spacial score (nSPS) is 15.2. The van der Waals surface area contributed by atoms with Gasteiger partial charge in [-0.05, 0) is 83.5 Å². The maximum absolute atomic E-state index is 12.8. The Kier molecular flexibility index (Phi) is 40.5. The van der Waals surface area contributed by atoms with Gasteiger partial charge in [-0.25, -0.2) is 0 Å². The lowest BCUT2D eigenvalue weighted by Crippen LogP contribution is -2.46. The summed E-state index contributed by atoms with van der Waals surface area (Å²) >= 11 is 0. The van der Waals surface area contributed by atoms with Crippen LogP contribution in [0.25, 0.3) is 0 Å². The smallest absolute Gasteiger partial charge is 0.268 e. The number of hydrogen-bond donors (Lipinski definition) is 2. The second-order valence-electron chi connectivity index (χ2n) is 16.7. The molecule has 0 aromatic heterocycles. The van der Waals surface area contributed by atoms with E-state index < -0.39 is 20.0 Å². The molecule has 0 aliphatic carbocycles. The van der Waals surface area contributed by atoms with Crippen molar-refractivity contribution in [1.29, 1.82) is 0 Å². The molecule has 0 heterocycles. The van der Waals surface area contributed by atoms with Gasteiger partial charge >= 0.3 is 0 Å². The zero-order valence-electron chi connectivity index (χ0n) is 39.3. The molecule has 0 saturated heterocycles. The van der Waals surface area contributed by atoms with Crippen molar-refractivity contribution in [1.82, 2.24) is 5.32 Å². The van der Waals surface area contributed by atoms with E-state index in [4.69, 9.17) is 9.05 Å². The Bertz CT molecular complexity index is 1350. The first kappa shape index (κ1) is 58.2. The maximum atomic E-state index is 12.8. The van der Waals surface area contributed by atoms with Crippen LogP contribution >= 0.6 is 7.82 Å². The second kappa shape index (κ2) is 42.5. The van der Waals surface area contributed by atoms with E-state index in [1.807, 2.05) is 21.1 Å². The predicted molar refractivity (Wildman–Crippen MR) is 260 cm³/mol. The van der Waals surface area contributed by atoms with Gasteiger partial charge in [-0.3, -0.25) is 9.36 Å². The van der Waals surface area contributed by atoms with E-state index in [-0.39, 0.29) is 19.1 Å². The number of aliphatic hydroxyl groups is 1. The largest absolute Gasteiger partial charge is 0.756 e. The third kappa shape index (κ3) is 45.0. The summed E-state index contributed by atoms with van der Waals surface area (Å²) in [4.78, 5) is 25.2. The highest BCUT2D eigenvalue weighted by molar-refractivity contribution is 7.45. The van der Waals surface area contributed by atoms with Crippen molar-refractivity contribution >= 4 is 13.7 Å². The number of carbonyl (C=O) groups is 1. The Balaban J connectivity index is 4.11. The molecule has 0 aromatic rings. The average molecular weight is 869 g/mol. The fraction of sp³-hybridized carbons (Fsp3) is 0.635. The summed E-state index contributed by atoms with van der Waals surface area (Å²) in [6, 6.07) is -0.815. The van der Waals surface area contributed by atoms with E-state index in [2.05, 4.69) is 129 Å². The van der Waals surface area contributed by atoms with Crippen molar-refractivity contribution in [2.75, 3.05) is 40.9 Å². The van der Waals surface area contributed by atoms with Gasteiger partial charge in [0.25, 0.3) is 7.82 Å². The standard InChI is InChI=1S/C52H89N2O6P/c1-6-8-10-12-14-15-16-17-18-19-20-21-22-23-24-25-26-27-28-29-30-31-32-33-34-35-36-37-38-39-40-42-44-46-52(56)53-50(51(55)45-43-41-13-11-9-7-2)49-60-61(57,58)59-48-47-54(3,4)5/h8,10,14-15,17-18,20-21,23-24,26-27,29-30,32-33,35-36,50-51,55H,6-7,9,11-13,16,19,22,25,28,31,34,37-49H2,1-5H3,(H-,53,56,57,58)/b10-8-,15-14-,18-17-,21-20-,24-23-,27-26-,30-29-,33-32-,36-35-. The van der Waals surface area contributed by atoms with E-state index in [1.165, 1.54) is 19.3 Å². The molecule has 3 unspecified atom stereocenters. The molecule has 0 aliphatic heterocycles. The minimum atomic E-state index is -4.57. The number of likely N-dealkylation sites (N-methyl/N-ethyl adjacent to an activating group) is 1. The number of quaternary nitrogens is 1. The summed E-state index contributed by atoms with van der Waals surface area (Å²) in [6.45, 7) is 4.48. The molecule has 0 rings (SSSR count). The van der Waals surface area contributed by atoms with Crippen LogP contribution in [-0.2, 0) is 18.4 Å². The van der Waals surface area contributed by atoms with Crippen LogP contribution < -0.4 is 10.2 Å². The third-order valence-corrected chi connectivity index (χ3v) is 10.7. The lowest BCUT2D eigenvalue weighted by Gasteiger charge is -2.30. The first-order chi connectivity index (χ1) is 29.5. The van der Waals surface area contributed by atoms with E-state index >= 15 is 0 Å². The Morgan fingerprint density at radius 1 is 0.590 bits per heavy atom.